The van der Waals surface area contributed by atoms with Crippen molar-refractivity contribution in [3.05, 3.63) is 51.3 Å². The molecule has 138 valence electrons. The number of nitroso groups, excluding NO2 is 1. The van der Waals surface area contributed by atoms with Crippen molar-refractivity contribution in [2.75, 3.05) is 19.1 Å². The summed E-state index contributed by atoms with van der Waals surface area (Å²) < 4.78 is 46.1. The predicted octanol–water partition coefficient (Wildman–Crippen LogP) is 5.30. The van der Waals surface area contributed by atoms with Gasteiger partial charge in [-0.1, -0.05) is 15.9 Å². The first-order valence-corrected chi connectivity index (χ1v) is 7.80. The lowest BCUT2D eigenvalue weighted by atomic mass is 10.1. The second-order valence-corrected chi connectivity index (χ2v) is 5.92. The first-order chi connectivity index (χ1) is 12.2. The van der Waals surface area contributed by atoms with Gasteiger partial charge in [-0.05, 0) is 35.5 Å². The van der Waals surface area contributed by atoms with Crippen molar-refractivity contribution < 1.29 is 27.4 Å². The Hall–Kier alpha value is -2.62. The van der Waals surface area contributed by atoms with Crippen LogP contribution in [-0.4, -0.2) is 26.5 Å². The number of halogens is 4. The molecule has 0 saturated carbocycles. The van der Waals surface area contributed by atoms with Crippen LogP contribution in [0.2, 0.25) is 0 Å². The zero-order valence-electron chi connectivity index (χ0n) is 13.5. The number of nitrogens with zero attached hydrogens (tertiary/aromatic N) is 2. The Labute approximate surface area is 154 Å². The molecule has 10 heteroatoms. The van der Waals surface area contributed by atoms with Gasteiger partial charge in [0.1, 0.15) is 11.4 Å². The minimum Gasteiger partial charge on any atom is -0.465 e. The highest BCUT2D eigenvalue weighted by Crippen LogP contribution is 2.38. The lowest BCUT2D eigenvalue weighted by Gasteiger charge is -2.23. The van der Waals surface area contributed by atoms with Crippen LogP contribution in [0.1, 0.15) is 10.4 Å². The fourth-order valence-electron chi connectivity index (χ4n) is 2.26. The van der Waals surface area contributed by atoms with Crippen molar-refractivity contribution in [1.29, 1.82) is 0 Å². The van der Waals surface area contributed by atoms with Gasteiger partial charge >= 0.3 is 12.3 Å². The Morgan fingerprint density at radius 3 is 2.38 bits per heavy atom. The van der Waals surface area contributed by atoms with Gasteiger partial charge in [0.2, 0.25) is 0 Å². The first-order valence-electron chi connectivity index (χ1n) is 7.01. The maximum absolute atomic E-state index is 12.3. The number of methoxy groups -OCH3 is 1. The molecule has 0 aromatic heterocycles. The van der Waals surface area contributed by atoms with Crippen molar-refractivity contribution in [1.82, 2.24) is 0 Å². The van der Waals surface area contributed by atoms with Crippen LogP contribution in [0, 0.1) is 4.91 Å². The van der Waals surface area contributed by atoms with Crippen molar-refractivity contribution in [2.45, 2.75) is 6.36 Å². The number of esters is 1. The smallest absolute Gasteiger partial charge is 0.465 e. The summed E-state index contributed by atoms with van der Waals surface area (Å²) >= 11 is 3.25. The van der Waals surface area contributed by atoms with Gasteiger partial charge in [-0.2, -0.15) is 0 Å². The molecule has 0 saturated heterocycles. The quantitative estimate of drug-likeness (QED) is 0.473. The van der Waals surface area contributed by atoms with E-state index in [4.69, 9.17) is 4.74 Å². The molecule has 2 rings (SSSR count). The van der Waals surface area contributed by atoms with Crippen LogP contribution < -0.4 is 9.64 Å². The Balaban J connectivity index is 2.49. The molecule has 0 aliphatic carbocycles. The summed E-state index contributed by atoms with van der Waals surface area (Å²) in [7, 11) is 2.75. The largest absolute Gasteiger partial charge is 0.573 e. The molecule has 0 N–H and O–H groups in total. The third-order valence-electron chi connectivity index (χ3n) is 3.37. The summed E-state index contributed by atoms with van der Waals surface area (Å²) in [5.41, 5.74) is 0.460. The third-order valence-corrected chi connectivity index (χ3v) is 3.86. The van der Waals surface area contributed by atoms with Crippen LogP contribution in [0.3, 0.4) is 0 Å². The van der Waals surface area contributed by atoms with E-state index in [0.29, 0.717) is 10.2 Å². The number of ether oxygens (including phenoxy) is 2. The van der Waals surface area contributed by atoms with E-state index in [0.717, 1.165) is 12.1 Å². The van der Waals surface area contributed by atoms with Gasteiger partial charge in [0.05, 0.1) is 24.0 Å². The van der Waals surface area contributed by atoms with Crippen LogP contribution in [0.4, 0.5) is 30.2 Å². The summed E-state index contributed by atoms with van der Waals surface area (Å²) in [6.45, 7) is 0. The van der Waals surface area contributed by atoms with Gasteiger partial charge in [-0.25, -0.2) is 4.79 Å². The second-order valence-electron chi connectivity index (χ2n) is 5.00. The lowest BCUT2D eigenvalue weighted by Crippen LogP contribution is -2.18. The third kappa shape index (κ3) is 4.51. The fraction of sp³-hybridized carbons (Fsp3) is 0.188. The highest BCUT2D eigenvalue weighted by atomic mass is 79.9. The maximum Gasteiger partial charge on any atom is 0.573 e. The van der Waals surface area contributed by atoms with E-state index in [1.54, 1.807) is 12.1 Å². The average molecular weight is 433 g/mol. The van der Waals surface area contributed by atoms with E-state index >= 15 is 0 Å². The van der Waals surface area contributed by atoms with Gasteiger partial charge in [0.15, 0.2) is 0 Å². The molecule has 0 unspecified atom stereocenters. The lowest BCUT2D eigenvalue weighted by molar-refractivity contribution is -0.274. The van der Waals surface area contributed by atoms with Gasteiger partial charge in [-0.15, -0.1) is 18.1 Å². The average Bonchev–Trinajstić information content (AvgIpc) is 2.58. The topological polar surface area (TPSA) is 68.2 Å². The zero-order valence-corrected chi connectivity index (χ0v) is 15.1. The van der Waals surface area contributed by atoms with E-state index in [1.807, 2.05) is 0 Å². The molecule has 0 amide bonds. The highest BCUT2D eigenvalue weighted by Gasteiger charge is 2.31. The maximum atomic E-state index is 12.3. The first kappa shape index (κ1) is 19.7. The Bertz CT molecular complexity index is 843. The summed E-state index contributed by atoms with van der Waals surface area (Å²) in [5.74, 6) is -1.20. The number of hydrogen-bond acceptors (Lipinski definition) is 6. The molecule has 0 aliphatic heterocycles. The molecule has 0 radical (unpaired) electrons. The zero-order chi connectivity index (χ0) is 19.5. The summed E-state index contributed by atoms with van der Waals surface area (Å²) in [6.07, 6.45) is -4.89. The number of benzene rings is 2. The fourth-order valence-corrected chi connectivity index (χ4v) is 2.62. The molecule has 0 aliphatic rings. The van der Waals surface area contributed by atoms with Crippen molar-refractivity contribution in [3.63, 3.8) is 0 Å². The van der Waals surface area contributed by atoms with Gasteiger partial charge in [0.25, 0.3) is 0 Å². The Kier molecular flexibility index (Phi) is 5.86. The normalized spacial score (nSPS) is 11.0. The minimum atomic E-state index is -4.89. The molecule has 0 bridgehead atoms. The van der Waals surface area contributed by atoms with E-state index in [1.165, 1.54) is 31.2 Å². The van der Waals surface area contributed by atoms with Gasteiger partial charge < -0.3 is 14.4 Å². The monoisotopic (exact) mass is 432 g/mol. The van der Waals surface area contributed by atoms with Gasteiger partial charge in [-0.3, -0.25) is 0 Å². The summed E-state index contributed by atoms with van der Waals surface area (Å²) in [4.78, 5) is 24.5. The van der Waals surface area contributed by atoms with Crippen molar-refractivity contribution >= 4 is 39.0 Å². The van der Waals surface area contributed by atoms with Crippen LogP contribution in [-0.2, 0) is 4.74 Å². The van der Waals surface area contributed by atoms with Gasteiger partial charge in [0, 0.05) is 17.6 Å². The standard InChI is InChI=1S/C16H12BrF3N2O4/c1-22(13-5-3-9(17)7-11(13)15(23)25-2)14-6-4-10(8-12(14)21-24)26-16(18,19)20/h3-8H,1-2H3. The molecule has 0 fully saturated rings. The number of carbonyl (C=O) groups is 1. The SMILES string of the molecule is COC(=O)c1cc(Br)ccc1N(C)c1ccc(OC(F)(F)F)cc1N=O. The Morgan fingerprint density at radius 2 is 1.81 bits per heavy atom. The molecule has 0 heterocycles. The van der Waals surface area contributed by atoms with Crippen molar-refractivity contribution in [2.24, 2.45) is 5.18 Å². The van der Waals surface area contributed by atoms with Crippen LogP contribution in [0.15, 0.2) is 46.0 Å². The van der Waals surface area contributed by atoms with Crippen LogP contribution in [0.5, 0.6) is 5.75 Å². The molecule has 2 aromatic carbocycles. The summed E-state index contributed by atoms with van der Waals surface area (Å²) in [6, 6.07) is 7.92. The van der Waals surface area contributed by atoms with Crippen LogP contribution >= 0.6 is 15.9 Å². The number of hydrogen-bond donors (Lipinski definition) is 0. The molecule has 0 atom stereocenters. The number of anilines is 2. The summed E-state index contributed by atoms with van der Waals surface area (Å²) in [5, 5.41) is 2.76. The number of alkyl halides is 3. The van der Waals surface area contributed by atoms with E-state index in [-0.39, 0.29) is 16.9 Å². The molecular weight excluding hydrogens is 421 g/mol. The number of carbonyl (C=O) groups excluding carboxylic acids is 1. The van der Waals surface area contributed by atoms with Crippen molar-refractivity contribution in [3.8, 4) is 5.75 Å². The van der Waals surface area contributed by atoms with Crippen LogP contribution in [0.25, 0.3) is 0 Å². The molecule has 26 heavy (non-hydrogen) atoms. The van der Waals surface area contributed by atoms with E-state index < -0.39 is 18.1 Å². The van der Waals surface area contributed by atoms with E-state index in [9.17, 15) is 22.9 Å². The molecule has 6 nitrogen and oxygen atoms in total. The minimum absolute atomic E-state index is 0.182. The second kappa shape index (κ2) is 7.73. The van der Waals surface area contributed by atoms with E-state index in [2.05, 4.69) is 25.8 Å². The molecular formula is C16H12BrF3N2O4. The molecule has 0 spiro atoms. The highest BCUT2D eigenvalue weighted by molar-refractivity contribution is 9.10. The predicted molar refractivity (Wildman–Crippen MR) is 92.1 cm³/mol. The Morgan fingerprint density at radius 1 is 1.15 bits per heavy atom. The number of rotatable bonds is 5. The molecule has 2 aromatic rings.